The van der Waals surface area contributed by atoms with Crippen molar-refractivity contribution in [2.24, 2.45) is 5.92 Å². The molecule has 1 aliphatic carbocycles. The van der Waals surface area contributed by atoms with Gasteiger partial charge in [-0.15, -0.1) is 12.4 Å². The number of carbonyl (C=O) groups excluding carboxylic acids is 1. The molecule has 0 N–H and O–H groups in total. The molecule has 1 rings (SSSR count). The molecule has 1 unspecified atom stereocenters. The average Bonchev–Trinajstić information content (AvgIpc) is 2.17. The molecule has 0 aromatic carbocycles. The predicted molar refractivity (Wildman–Crippen MR) is 62.0 cm³/mol. The fourth-order valence-electron chi connectivity index (χ4n) is 2.04. The van der Waals surface area contributed by atoms with Crippen LogP contribution < -0.4 is 0 Å². The van der Waals surface area contributed by atoms with Crippen molar-refractivity contribution in [3.63, 3.8) is 0 Å². The molecule has 2 nitrogen and oxygen atoms in total. The quantitative estimate of drug-likeness (QED) is 0.724. The minimum Gasteiger partial charge on any atom is -0.303 e. The molecule has 1 saturated carbocycles. The first-order chi connectivity index (χ1) is 6.27. The van der Waals surface area contributed by atoms with Crippen LogP contribution in [0.25, 0.3) is 0 Å². The molecule has 1 atom stereocenters. The lowest BCUT2D eigenvalue weighted by molar-refractivity contribution is -0.125. The van der Waals surface area contributed by atoms with Gasteiger partial charge in [0.2, 0.25) is 0 Å². The Morgan fingerprint density at radius 3 is 2.43 bits per heavy atom. The summed E-state index contributed by atoms with van der Waals surface area (Å²) >= 11 is 0. The maximum absolute atomic E-state index is 11.5. The van der Waals surface area contributed by atoms with Gasteiger partial charge in [0.1, 0.15) is 5.78 Å². The Balaban J connectivity index is 0.00000169. The molecule has 1 aliphatic rings. The molecule has 0 spiro atoms. The third-order valence-corrected chi connectivity index (χ3v) is 3.05. The molecule has 1 fully saturated rings. The maximum atomic E-state index is 11.5. The molecule has 0 heterocycles. The van der Waals surface area contributed by atoms with E-state index in [2.05, 4.69) is 18.7 Å². The molecule has 0 saturated heterocycles. The summed E-state index contributed by atoms with van der Waals surface area (Å²) in [5.74, 6) is 0.840. The first kappa shape index (κ1) is 13.9. The zero-order valence-corrected chi connectivity index (χ0v) is 10.1. The maximum Gasteiger partial charge on any atom is 0.137 e. The number of hydrogen-bond donors (Lipinski definition) is 0. The van der Waals surface area contributed by atoms with Crippen molar-refractivity contribution < 1.29 is 4.79 Å². The van der Waals surface area contributed by atoms with E-state index in [1.165, 1.54) is 6.42 Å². The lowest BCUT2D eigenvalue weighted by Crippen LogP contribution is -2.34. The van der Waals surface area contributed by atoms with Crippen LogP contribution in [0, 0.1) is 5.92 Å². The van der Waals surface area contributed by atoms with Crippen LogP contribution in [-0.4, -0.2) is 30.3 Å². The lowest BCUT2D eigenvalue weighted by atomic mass is 9.87. The zero-order valence-electron chi connectivity index (χ0n) is 9.29. The minimum atomic E-state index is 0. The van der Waals surface area contributed by atoms with Gasteiger partial charge in [-0.3, -0.25) is 4.79 Å². The average molecular weight is 220 g/mol. The molecule has 0 bridgehead atoms. The topological polar surface area (TPSA) is 20.3 Å². The Morgan fingerprint density at radius 2 is 1.93 bits per heavy atom. The second kappa shape index (κ2) is 7.24. The van der Waals surface area contributed by atoms with E-state index in [4.69, 9.17) is 0 Å². The molecule has 0 aromatic rings. The number of hydrogen-bond acceptors (Lipinski definition) is 2. The monoisotopic (exact) mass is 219 g/mol. The highest BCUT2D eigenvalue weighted by Gasteiger charge is 2.23. The molecule has 3 heteroatoms. The standard InChI is InChI=1S/C11H21NO.ClH/c1-3-12(4-2)9-10-7-5-6-8-11(10)13;/h10H,3-9H2,1-2H3;1H. The van der Waals surface area contributed by atoms with Gasteiger partial charge in [0.15, 0.2) is 0 Å². The summed E-state index contributed by atoms with van der Waals surface area (Å²) in [7, 11) is 0. The van der Waals surface area contributed by atoms with Crippen LogP contribution in [0.5, 0.6) is 0 Å². The summed E-state index contributed by atoms with van der Waals surface area (Å²) in [6.07, 6.45) is 4.31. The van der Waals surface area contributed by atoms with E-state index in [1.807, 2.05) is 0 Å². The van der Waals surface area contributed by atoms with Crippen LogP contribution in [0.1, 0.15) is 39.5 Å². The van der Waals surface area contributed by atoms with Crippen LogP contribution in [0.4, 0.5) is 0 Å². The van der Waals surface area contributed by atoms with Crippen LogP contribution >= 0.6 is 12.4 Å². The van der Waals surface area contributed by atoms with E-state index >= 15 is 0 Å². The highest BCUT2D eigenvalue weighted by Crippen LogP contribution is 2.21. The van der Waals surface area contributed by atoms with Gasteiger partial charge in [0.25, 0.3) is 0 Å². The van der Waals surface area contributed by atoms with Crippen molar-refractivity contribution >= 4 is 18.2 Å². The van der Waals surface area contributed by atoms with Crippen molar-refractivity contribution in [2.45, 2.75) is 39.5 Å². The molecule has 0 aliphatic heterocycles. The Kier molecular flexibility index (Phi) is 7.20. The molecule has 84 valence electrons. The number of carbonyl (C=O) groups is 1. The number of ketones is 1. The molecular weight excluding hydrogens is 198 g/mol. The fourth-order valence-corrected chi connectivity index (χ4v) is 2.04. The summed E-state index contributed by atoms with van der Waals surface area (Å²) < 4.78 is 0. The third kappa shape index (κ3) is 3.97. The fraction of sp³-hybridized carbons (Fsp3) is 0.909. The first-order valence-electron chi connectivity index (χ1n) is 5.53. The second-order valence-electron chi connectivity index (χ2n) is 3.89. The first-order valence-corrected chi connectivity index (χ1v) is 5.53. The summed E-state index contributed by atoms with van der Waals surface area (Å²) in [5, 5.41) is 0. The summed E-state index contributed by atoms with van der Waals surface area (Å²) in [4.78, 5) is 13.9. The number of nitrogens with zero attached hydrogens (tertiary/aromatic N) is 1. The second-order valence-corrected chi connectivity index (χ2v) is 3.89. The number of halogens is 1. The zero-order chi connectivity index (χ0) is 9.68. The van der Waals surface area contributed by atoms with E-state index in [0.717, 1.165) is 38.9 Å². The van der Waals surface area contributed by atoms with Crippen molar-refractivity contribution in [3.8, 4) is 0 Å². The lowest BCUT2D eigenvalue weighted by Gasteiger charge is -2.26. The van der Waals surface area contributed by atoms with Gasteiger partial charge in [-0.05, 0) is 25.9 Å². The molecule has 14 heavy (non-hydrogen) atoms. The predicted octanol–water partition coefficient (Wildman–Crippen LogP) is 2.51. The van der Waals surface area contributed by atoms with Gasteiger partial charge in [-0.2, -0.15) is 0 Å². The summed E-state index contributed by atoms with van der Waals surface area (Å²) in [6.45, 7) is 7.46. The van der Waals surface area contributed by atoms with Gasteiger partial charge < -0.3 is 4.90 Å². The normalized spacial score (nSPS) is 22.2. The smallest absolute Gasteiger partial charge is 0.137 e. The van der Waals surface area contributed by atoms with Crippen molar-refractivity contribution in [3.05, 3.63) is 0 Å². The van der Waals surface area contributed by atoms with E-state index < -0.39 is 0 Å². The van der Waals surface area contributed by atoms with E-state index in [9.17, 15) is 4.79 Å². The van der Waals surface area contributed by atoms with Gasteiger partial charge in [0.05, 0.1) is 0 Å². The van der Waals surface area contributed by atoms with Crippen LogP contribution in [-0.2, 0) is 4.79 Å². The van der Waals surface area contributed by atoms with Crippen molar-refractivity contribution in [1.29, 1.82) is 0 Å². The molecule has 0 aromatic heterocycles. The molecule has 0 radical (unpaired) electrons. The van der Waals surface area contributed by atoms with Gasteiger partial charge in [-0.25, -0.2) is 0 Å². The Morgan fingerprint density at radius 1 is 1.29 bits per heavy atom. The Hall–Kier alpha value is -0.0800. The van der Waals surface area contributed by atoms with Crippen LogP contribution in [0.15, 0.2) is 0 Å². The summed E-state index contributed by atoms with van der Waals surface area (Å²) in [5.41, 5.74) is 0. The highest BCUT2D eigenvalue weighted by atomic mass is 35.5. The van der Waals surface area contributed by atoms with Gasteiger partial charge in [-0.1, -0.05) is 20.3 Å². The molecule has 0 amide bonds. The number of rotatable bonds is 4. The minimum absolute atomic E-state index is 0. The highest BCUT2D eigenvalue weighted by molar-refractivity contribution is 5.85. The third-order valence-electron chi connectivity index (χ3n) is 3.05. The van der Waals surface area contributed by atoms with Gasteiger partial charge >= 0.3 is 0 Å². The Labute approximate surface area is 93.5 Å². The van der Waals surface area contributed by atoms with Crippen LogP contribution in [0.3, 0.4) is 0 Å². The number of Topliss-reactive ketones (excluding diaryl/α,β-unsaturated/α-hetero) is 1. The van der Waals surface area contributed by atoms with E-state index in [0.29, 0.717) is 11.7 Å². The van der Waals surface area contributed by atoms with Gasteiger partial charge in [0, 0.05) is 18.9 Å². The van der Waals surface area contributed by atoms with Crippen LogP contribution in [0.2, 0.25) is 0 Å². The molecular formula is C11H22ClNO. The van der Waals surface area contributed by atoms with Crippen molar-refractivity contribution in [2.75, 3.05) is 19.6 Å². The van der Waals surface area contributed by atoms with Crippen molar-refractivity contribution in [1.82, 2.24) is 4.90 Å². The summed E-state index contributed by atoms with van der Waals surface area (Å²) in [6, 6.07) is 0. The Bertz CT molecular complexity index is 169. The van der Waals surface area contributed by atoms with E-state index in [-0.39, 0.29) is 12.4 Å². The SMILES string of the molecule is CCN(CC)CC1CCCCC1=O.Cl. The largest absolute Gasteiger partial charge is 0.303 e. The van der Waals surface area contributed by atoms with E-state index in [1.54, 1.807) is 0 Å².